The Morgan fingerprint density at radius 3 is 2.63 bits per heavy atom. The third-order valence-electron chi connectivity index (χ3n) is 5.39. The number of amides is 1. The van der Waals surface area contributed by atoms with Gasteiger partial charge in [0, 0.05) is 6.04 Å². The van der Waals surface area contributed by atoms with Gasteiger partial charge in [0.15, 0.2) is 17.6 Å². The van der Waals surface area contributed by atoms with Crippen molar-refractivity contribution in [2.75, 3.05) is 13.7 Å². The van der Waals surface area contributed by atoms with Gasteiger partial charge in [-0.15, -0.1) is 0 Å². The Bertz CT molecular complexity index is 660. The van der Waals surface area contributed by atoms with E-state index in [0.717, 1.165) is 12.8 Å². The summed E-state index contributed by atoms with van der Waals surface area (Å²) in [6.07, 6.45) is 2.40. The second-order valence-corrected chi connectivity index (χ2v) is 7.23. The average Bonchev–Trinajstić information content (AvgIpc) is 2.65. The van der Waals surface area contributed by atoms with E-state index in [1.165, 1.54) is 13.5 Å². The number of ether oxygens (including phenoxy) is 3. The van der Waals surface area contributed by atoms with Crippen LogP contribution in [0.4, 0.5) is 0 Å². The summed E-state index contributed by atoms with van der Waals surface area (Å²) in [7, 11) is 1.51. The van der Waals surface area contributed by atoms with E-state index in [1.807, 2.05) is 6.92 Å². The maximum atomic E-state index is 12.5. The first kappa shape index (κ1) is 21.1. The van der Waals surface area contributed by atoms with Crippen LogP contribution in [0.25, 0.3) is 0 Å². The van der Waals surface area contributed by atoms with Gasteiger partial charge in [-0.1, -0.05) is 26.7 Å². The largest absolute Gasteiger partial charge is 0.493 e. The minimum atomic E-state index is -0.862. The van der Waals surface area contributed by atoms with Crippen molar-refractivity contribution in [2.45, 2.75) is 59.1 Å². The standard InChI is InChI=1S/C21H31NO5/c1-6-26-18-11-10-16(12-19(18)25-5)21(24)27-15(4)20(23)22-17-9-7-8-13(2)14(17)3/h10-15,17H,6-9H2,1-5H3,(H,22,23)/t13-,14-,15-,17-/m0/s1. The Balaban J connectivity index is 1.97. The molecule has 1 N–H and O–H groups in total. The Hall–Kier alpha value is -2.24. The van der Waals surface area contributed by atoms with Crippen molar-refractivity contribution < 1.29 is 23.8 Å². The van der Waals surface area contributed by atoms with Crippen molar-refractivity contribution in [2.24, 2.45) is 11.8 Å². The first-order valence-corrected chi connectivity index (χ1v) is 9.69. The molecule has 6 nitrogen and oxygen atoms in total. The minimum Gasteiger partial charge on any atom is -0.493 e. The molecule has 1 saturated carbocycles. The molecule has 0 aromatic heterocycles. The highest BCUT2D eigenvalue weighted by Gasteiger charge is 2.30. The number of nitrogens with one attached hydrogen (secondary N) is 1. The molecule has 27 heavy (non-hydrogen) atoms. The zero-order chi connectivity index (χ0) is 20.0. The van der Waals surface area contributed by atoms with E-state index in [1.54, 1.807) is 25.1 Å². The lowest BCUT2D eigenvalue weighted by Gasteiger charge is -2.35. The fourth-order valence-electron chi connectivity index (χ4n) is 3.44. The molecule has 1 aromatic rings. The van der Waals surface area contributed by atoms with Gasteiger partial charge in [-0.2, -0.15) is 0 Å². The second kappa shape index (κ2) is 9.62. The van der Waals surface area contributed by atoms with Crippen LogP contribution in [0, 0.1) is 11.8 Å². The van der Waals surface area contributed by atoms with Gasteiger partial charge in [-0.3, -0.25) is 4.79 Å². The number of benzene rings is 1. The number of methoxy groups -OCH3 is 1. The molecule has 0 spiro atoms. The maximum absolute atomic E-state index is 12.5. The summed E-state index contributed by atoms with van der Waals surface area (Å²) < 4.78 is 16.0. The monoisotopic (exact) mass is 377 g/mol. The first-order chi connectivity index (χ1) is 12.9. The summed E-state index contributed by atoms with van der Waals surface area (Å²) in [4.78, 5) is 24.9. The maximum Gasteiger partial charge on any atom is 0.339 e. The fraction of sp³-hybridized carbons (Fsp3) is 0.619. The Labute approximate surface area is 161 Å². The quantitative estimate of drug-likeness (QED) is 0.735. The van der Waals surface area contributed by atoms with E-state index in [2.05, 4.69) is 19.2 Å². The zero-order valence-corrected chi connectivity index (χ0v) is 16.9. The molecule has 2 rings (SSSR count). The molecule has 1 amide bonds. The molecule has 150 valence electrons. The Morgan fingerprint density at radius 1 is 1.22 bits per heavy atom. The van der Waals surface area contributed by atoms with Gasteiger partial charge >= 0.3 is 5.97 Å². The highest BCUT2D eigenvalue weighted by molar-refractivity contribution is 5.92. The van der Waals surface area contributed by atoms with E-state index < -0.39 is 12.1 Å². The lowest BCUT2D eigenvalue weighted by Crippen LogP contribution is -2.47. The van der Waals surface area contributed by atoms with Crippen LogP contribution in [-0.4, -0.2) is 37.7 Å². The van der Waals surface area contributed by atoms with Crippen LogP contribution in [0.3, 0.4) is 0 Å². The van der Waals surface area contributed by atoms with Crippen LogP contribution >= 0.6 is 0 Å². The molecule has 1 aliphatic carbocycles. The summed E-state index contributed by atoms with van der Waals surface area (Å²) >= 11 is 0. The van der Waals surface area contributed by atoms with Crippen molar-refractivity contribution in [3.8, 4) is 11.5 Å². The van der Waals surface area contributed by atoms with Gasteiger partial charge in [0.05, 0.1) is 19.3 Å². The smallest absolute Gasteiger partial charge is 0.339 e. The van der Waals surface area contributed by atoms with Crippen LogP contribution in [0.1, 0.15) is 57.3 Å². The van der Waals surface area contributed by atoms with Gasteiger partial charge < -0.3 is 19.5 Å². The van der Waals surface area contributed by atoms with Crippen LogP contribution < -0.4 is 14.8 Å². The van der Waals surface area contributed by atoms with Crippen molar-refractivity contribution in [3.63, 3.8) is 0 Å². The molecule has 1 aromatic carbocycles. The molecule has 0 unspecified atom stereocenters. The summed E-state index contributed by atoms with van der Waals surface area (Å²) in [5.41, 5.74) is 0.314. The number of esters is 1. The number of hydrogen-bond acceptors (Lipinski definition) is 5. The molecule has 0 bridgehead atoms. The van der Waals surface area contributed by atoms with Gasteiger partial charge in [-0.25, -0.2) is 4.79 Å². The zero-order valence-electron chi connectivity index (χ0n) is 16.9. The summed E-state index contributed by atoms with van der Waals surface area (Å²) in [6.45, 7) is 8.34. The van der Waals surface area contributed by atoms with E-state index in [4.69, 9.17) is 14.2 Å². The normalized spacial score (nSPS) is 23.2. The lowest BCUT2D eigenvalue weighted by molar-refractivity contribution is -0.130. The van der Waals surface area contributed by atoms with Crippen LogP contribution in [0.5, 0.6) is 11.5 Å². The predicted octanol–water partition coefficient (Wildman–Crippen LogP) is 3.58. The molecule has 0 heterocycles. The molecular weight excluding hydrogens is 346 g/mol. The number of hydrogen-bond donors (Lipinski definition) is 1. The predicted molar refractivity (Wildman–Crippen MR) is 103 cm³/mol. The summed E-state index contributed by atoms with van der Waals surface area (Å²) in [6, 6.07) is 4.95. The van der Waals surface area contributed by atoms with Crippen LogP contribution in [0.15, 0.2) is 18.2 Å². The van der Waals surface area contributed by atoms with E-state index >= 15 is 0 Å². The van der Waals surface area contributed by atoms with Crippen LogP contribution in [0.2, 0.25) is 0 Å². The van der Waals surface area contributed by atoms with Gasteiger partial charge in [0.2, 0.25) is 0 Å². The Morgan fingerprint density at radius 2 is 1.96 bits per heavy atom. The van der Waals surface area contributed by atoms with E-state index in [0.29, 0.717) is 35.5 Å². The lowest BCUT2D eigenvalue weighted by atomic mass is 9.78. The molecule has 1 fully saturated rings. The number of carbonyl (C=O) groups is 2. The van der Waals surface area contributed by atoms with E-state index in [9.17, 15) is 9.59 Å². The van der Waals surface area contributed by atoms with Gasteiger partial charge in [-0.05, 0) is 50.3 Å². The third kappa shape index (κ3) is 5.37. The topological polar surface area (TPSA) is 73.9 Å². The van der Waals surface area contributed by atoms with Gasteiger partial charge in [0.1, 0.15) is 0 Å². The number of rotatable bonds is 7. The summed E-state index contributed by atoms with van der Waals surface area (Å²) in [5, 5.41) is 3.04. The first-order valence-electron chi connectivity index (χ1n) is 9.69. The van der Waals surface area contributed by atoms with E-state index in [-0.39, 0.29) is 11.9 Å². The SMILES string of the molecule is CCOc1ccc(C(=O)O[C@@H](C)C(=O)N[C@H]2CCC[C@H](C)[C@@H]2C)cc1OC. The van der Waals surface area contributed by atoms with Crippen molar-refractivity contribution in [3.05, 3.63) is 23.8 Å². The summed E-state index contributed by atoms with van der Waals surface area (Å²) in [5.74, 6) is 1.19. The number of carbonyl (C=O) groups excluding carboxylic acids is 2. The molecule has 0 saturated heterocycles. The highest BCUT2D eigenvalue weighted by atomic mass is 16.5. The molecule has 1 aliphatic rings. The van der Waals surface area contributed by atoms with Crippen LogP contribution in [-0.2, 0) is 9.53 Å². The van der Waals surface area contributed by atoms with Gasteiger partial charge in [0.25, 0.3) is 5.91 Å². The molecule has 0 radical (unpaired) electrons. The Kier molecular flexibility index (Phi) is 7.51. The van der Waals surface area contributed by atoms with Crippen molar-refractivity contribution in [1.29, 1.82) is 0 Å². The highest BCUT2D eigenvalue weighted by Crippen LogP contribution is 2.30. The fourth-order valence-corrected chi connectivity index (χ4v) is 3.44. The molecule has 6 heteroatoms. The molecule has 0 aliphatic heterocycles. The molecular formula is C21H31NO5. The van der Waals surface area contributed by atoms with Crippen molar-refractivity contribution in [1.82, 2.24) is 5.32 Å². The second-order valence-electron chi connectivity index (χ2n) is 7.23. The minimum absolute atomic E-state index is 0.132. The third-order valence-corrected chi connectivity index (χ3v) is 5.39. The van der Waals surface area contributed by atoms with Crippen molar-refractivity contribution >= 4 is 11.9 Å². The average molecular weight is 377 g/mol. The molecule has 4 atom stereocenters.